The molecule has 0 spiro atoms. The van der Waals surface area contributed by atoms with Gasteiger partial charge < -0.3 is 4.90 Å². The highest BCUT2D eigenvalue weighted by atomic mass is 127. The Kier molecular flexibility index (Phi) is 3.92. The van der Waals surface area contributed by atoms with Gasteiger partial charge >= 0.3 is 0 Å². The Balaban J connectivity index is 1.91. The number of nitrogens with zero attached hydrogens (tertiary/aromatic N) is 1. The largest absolute Gasteiger partial charge is 0.335 e. The maximum absolute atomic E-state index is 13.0. The minimum Gasteiger partial charge on any atom is -0.335 e. The summed E-state index contributed by atoms with van der Waals surface area (Å²) >= 11 is 5.80. The van der Waals surface area contributed by atoms with Crippen LogP contribution >= 0.6 is 38.5 Å². The van der Waals surface area contributed by atoms with Crippen LogP contribution in [0.5, 0.6) is 0 Å². The van der Waals surface area contributed by atoms with E-state index in [4.69, 9.17) is 0 Å². The van der Waals surface area contributed by atoms with Crippen LogP contribution in [0.25, 0.3) is 0 Å². The lowest BCUT2D eigenvalue weighted by Gasteiger charge is -2.39. The summed E-state index contributed by atoms with van der Waals surface area (Å²) in [5.41, 5.74) is 1.43. The zero-order valence-electron chi connectivity index (χ0n) is 12.7. The molecule has 0 N–H and O–H groups in total. The van der Waals surface area contributed by atoms with Crippen molar-refractivity contribution in [3.05, 3.63) is 31.8 Å². The van der Waals surface area contributed by atoms with E-state index < -0.39 is 0 Å². The normalized spacial score (nSPS) is 30.5. The van der Waals surface area contributed by atoms with Gasteiger partial charge in [0.15, 0.2) is 0 Å². The van der Waals surface area contributed by atoms with E-state index in [-0.39, 0.29) is 11.3 Å². The first kappa shape index (κ1) is 15.8. The minimum atomic E-state index is 0.187. The summed E-state index contributed by atoms with van der Waals surface area (Å²) in [5, 5.41) is 0. The van der Waals surface area contributed by atoms with Gasteiger partial charge in [-0.1, -0.05) is 20.8 Å². The van der Waals surface area contributed by atoms with Crippen LogP contribution in [-0.4, -0.2) is 23.4 Å². The highest BCUT2D eigenvalue weighted by Gasteiger charge is 2.51. The summed E-state index contributed by atoms with van der Waals surface area (Å²) in [6.07, 6.45) is 3.49. The lowest BCUT2D eigenvalue weighted by Crippen LogP contribution is -2.37. The molecule has 1 heterocycles. The highest BCUT2D eigenvalue weighted by molar-refractivity contribution is 14.1. The molecule has 1 aromatic rings. The lowest BCUT2D eigenvalue weighted by atomic mass is 9.65. The number of rotatable bonds is 1. The number of hydrogen-bond donors (Lipinski definition) is 0. The fourth-order valence-electron chi connectivity index (χ4n) is 4.51. The quantitative estimate of drug-likeness (QED) is 0.533. The molecule has 3 rings (SSSR count). The maximum atomic E-state index is 13.0. The number of hydrogen-bond acceptors (Lipinski definition) is 1. The number of halogens is 2. The Labute approximate surface area is 148 Å². The van der Waals surface area contributed by atoms with E-state index in [1.807, 2.05) is 18.2 Å². The summed E-state index contributed by atoms with van der Waals surface area (Å²) in [6.45, 7) is 7.93. The second-order valence-electron chi connectivity index (χ2n) is 7.77. The van der Waals surface area contributed by atoms with E-state index in [2.05, 4.69) is 64.2 Å². The molecule has 2 unspecified atom stereocenters. The van der Waals surface area contributed by atoms with Crippen molar-refractivity contribution >= 4 is 44.4 Å². The Morgan fingerprint density at radius 2 is 2.05 bits per heavy atom. The van der Waals surface area contributed by atoms with Crippen molar-refractivity contribution in [3.8, 4) is 0 Å². The van der Waals surface area contributed by atoms with Crippen LogP contribution < -0.4 is 0 Å². The zero-order valence-corrected chi connectivity index (χ0v) is 16.5. The van der Waals surface area contributed by atoms with Gasteiger partial charge in [-0.05, 0) is 86.8 Å². The molecule has 2 nitrogen and oxygen atoms in total. The first-order valence-electron chi connectivity index (χ1n) is 7.45. The molecule has 114 valence electrons. The third-order valence-corrected chi connectivity index (χ3v) is 6.20. The van der Waals surface area contributed by atoms with Crippen molar-refractivity contribution < 1.29 is 4.79 Å². The van der Waals surface area contributed by atoms with Gasteiger partial charge in [-0.2, -0.15) is 0 Å². The molecule has 0 radical (unpaired) electrons. The standard InChI is InChI=1S/C17H21BrINO/c1-16(2)7-12-8-17(3,9-16)10-20(12)15(21)13-6-11(19)4-5-14(13)18/h4-6,12H,7-10H2,1-3H3. The molecule has 1 amide bonds. The monoisotopic (exact) mass is 461 g/mol. The third kappa shape index (κ3) is 3.03. The van der Waals surface area contributed by atoms with Gasteiger partial charge in [-0.15, -0.1) is 0 Å². The highest BCUT2D eigenvalue weighted by Crippen LogP contribution is 2.52. The number of amides is 1. The molecule has 4 heteroatoms. The second-order valence-corrected chi connectivity index (χ2v) is 9.87. The minimum absolute atomic E-state index is 0.187. The van der Waals surface area contributed by atoms with Crippen LogP contribution in [0.4, 0.5) is 0 Å². The van der Waals surface area contributed by atoms with E-state index in [1.54, 1.807) is 0 Å². The predicted molar refractivity (Wildman–Crippen MR) is 97.4 cm³/mol. The molecule has 2 fully saturated rings. The van der Waals surface area contributed by atoms with Gasteiger partial charge in [0.1, 0.15) is 0 Å². The van der Waals surface area contributed by atoms with Crippen molar-refractivity contribution in [1.29, 1.82) is 0 Å². The Hall–Kier alpha value is -0.100. The number of carbonyl (C=O) groups excluding carboxylic acids is 1. The van der Waals surface area contributed by atoms with Crippen LogP contribution in [-0.2, 0) is 0 Å². The van der Waals surface area contributed by atoms with E-state index in [1.165, 1.54) is 6.42 Å². The molecule has 1 aliphatic heterocycles. The zero-order chi connectivity index (χ0) is 15.4. The van der Waals surface area contributed by atoms with Crippen molar-refractivity contribution in [2.75, 3.05) is 6.54 Å². The van der Waals surface area contributed by atoms with Crippen LogP contribution in [0.15, 0.2) is 22.7 Å². The molecule has 2 atom stereocenters. The fraction of sp³-hybridized carbons (Fsp3) is 0.588. The number of carbonyl (C=O) groups is 1. The van der Waals surface area contributed by atoms with Crippen molar-refractivity contribution in [2.24, 2.45) is 10.8 Å². The molecular formula is C17H21BrINO. The maximum Gasteiger partial charge on any atom is 0.255 e. The molecule has 21 heavy (non-hydrogen) atoms. The molecule has 1 saturated carbocycles. The smallest absolute Gasteiger partial charge is 0.255 e. The van der Waals surface area contributed by atoms with Crippen molar-refractivity contribution in [2.45, 2.75) is 46.1 Å². The first-order valence-corrected chi connectivity index (χ1v) is 9.32. The molecule has 2 bridgehead atoms. The Morgan fingerprint density at radius 1 is 1.33 bits per heavy atom. The average molecular weight is 462 g/mol. The first-order chi connectivity index (χ1) is 9.69. The SMILES string of the molecule is CC1(C)CC2CC(C)(CN2C(=O)c2cc(I)ccc2Br)C1. The number of fused-ring (bicyclic) bond motifs is 2. The van der Waals surface area contributed by atoms with E-state index >= 15 is 0 Å². The second kappa shape index (κ2) is 5.22. The molecule has 1 aromatic carbocycles. The van der Waals surface area contributed by atoms with E-state index in [0.29, 0.717) is 11.5 Å². The van der Waals surface area contributed by atoms with Crippen LogP contribution in [0.2, 0.25) is 0 Å². The summed E-state index contributed by atoms with van der Waals surface area (Å²) in [6, 6.07) is 6.38. The molecule has 2 aliphatic rings. The number of likely N-dealkylation sites (tertiary alicyclic amines) is 1. The van der Waals surface area contributed by atoms with Crippen molar-refractivity contribution in [1.82, 2.24) is 4.90 Å². The van der Waals surface area contributed by atoms with Gasteiger partial charge in [0.2, 0.25) is 0 Å². The van der Waals surface area contributed by atoms with Gasteiger partial charge in [0.25, 0.3) is 5.91 Å². The van der Waals surface area contributed by atoms with Crippen LogP contribution in [0.3, 0.4) is 0 Å². The third-order valence-electron chi connectivity index (χ3n) is 4.83. The summed E-state index contributed by atoms with van der Waals surface area (Å²) in [5.74, 6) is 0.187. The molecule has 1 aliphatic carbocycles. The van der Waals surface area contributed by atoms with Gasteiger partial charge in [0, 0.05) is 20.6 Å². The molecular weight excluding hydrogens is 441 g/mol. The summed E-state index contributed by atoms with van der Waals surface area (Å²) < 4.78 is 2.01. The van der Waals surface area contributed by atoms with Crippen LogP contribution in [0, 0.1) is 14.4 Å². The average Bonchev–Trinajstić information content (AvgIpc) is 2.61. The van der Waals surface area contributed by atoms with Gasteiger partial charge in [-0.3, -0.25) is 4.79 Å². The Morgan fingerprint density at radius 3 is 2.76 bits per heavy atom. The summed E-state index contributed by atoms with van der Waals surface area (Å²) in [7, 11) is 0. The van der Waals surface area contributed by atoms with Crippen molar-refractivity contribution in [3.63, 3.8) is 0 Å². The fourth-order valence-corrected chi connectivity index (χ4v) is 5.42. The van der Waals surface area contributed by atoms with Gasteiger partial charge in [-0.25, -0.2) is 0 Å². The topological polar surface area (TPSA) is 20.3 Å². The molecule has 1 saturated heterocycles. The van der Waals surface area contributed by atoms with E-state index in [9.17, 15) is 4.79 Å². The van der Waals surface area contributed by atoms with E-state index in [0.717, 1.165) is 33.0 Å². The summed E-state index contributed by atoms with van der Waals surface area (Å²) in [4.78, 5) is 15.1. The van der Waals surface area contributed by atoms with Crippen LogP contribution in [0.1, 0.15) is 50.4 Å². The number of benzene rings is 1. The lowest BCUT2D eigenvalue weighted by molar-refractivity contribution is 0.0707. The van der Waals surface area contributed by atoms with Gasteiger partial charge in [0.05, 0.1) is 5.56 Å². The Bertz CT molecular complexity index is 600. The predicted octanol–water partition coefficient (Wildman–Crippen LogP) is 5.09. The molecule has 0 aromatic heterocycles.